The molecular formula is C2H6O3PRe. The van der Waals surface area contributed by atoms with Gasteiger partial charge in [-0.05, 0) is 0 Å². The SMILES string of the molecule is O=P(O)(O)C[CH2][Re]. The van der Waals surface area contributed by atoms with Crippen molar-refractivity contribution in [1.29, 1.82) is 0 Å². The van der Waals surface area contributed by atoms with Crippen LogP contribution in [0.3, 0.4) is 0 Å². The van der Waals surface area contributed by atoms with E-state index in [0.29, 0.717) is 4.89 Å². The van der Waals surface area contributed by atoms with E-state index in [1.807, 2.05) is 0 Å². The molecule has 0 aromatic heterocycles. The molecule has 0 fully saturated rings. The first-order valence-electron chi connectivity index (χ1n) is 1.67. The molecule has 0 rings (SSSR count). The molecule has 0 aliphatic heterocycles. The minimum atomic E-state index is -3.65. The van der Waals surface area contributed by atoms with Gasteiger partial charge in [0.25, 0.3) is 0 Å². The zero-order valence-corrected chi connectivity index (χ0v) is 7.15. The van der Waals surface area contributed by atoms with Crippen molar-refractivity contribution < 1.29 is 33.6 Å². The second kappa shape index (κ2) is 2.96. The predicted molar refractivity (Wildman–Crippen MR) is 21.7 cm³/mol. The van der Waals surface area contributed by atoms with E-state index in [1.54, 1.807) is 0 Å². The van der Waals surface area contributed by atoms with Crippen LogP contribution in [0.1, 0.15) is 0 Å². The van der Waals surface area contributed by atoms with E-state index in [4.69, 9.17) is 9.79 Å². The molecule has 0 spiro atoms. The van der Waals surface area contributed by atoms with Crippen molar-refractivity contribution in [2.75, 3.05) is 6.16 Å². The van der Waals surface area contributed by atoms with Gasteiger partial charge in [-0.2, -0.15) is 0 Å². The minimum absolute atomic E-state index is 0.0316. The Morgan fingerprint density at radius 1 is 1.57 bits per heavy atom. The van der Waals surface area contributed by atoms with Gasteiger partial charge in [0.2, 0.25) is 0 Å². The molecule has 0 saturated carbocycles. The Morgan fingerprint density at radius 2 is 2.00 bits per heavy atom. The van der Waals surface area contributed by atoms with Crippen LogP contribution in [-0.2, 0) is 23.8 Å². The van der Waals surface area contributed by atoms with Crippen LogP contribution in [0.2, 0.25) is 4.89 Å². The molecular weight excluding hydrogens is 289 g/mol. The monoisotopic (exact) mass is 296 g/mol. The summed E-state index contributed by atoms with van der Waals surface area (Å²) in [6.07, 6.45) is 0.0316. The van der Waals surface area contributed by atoms with Crippen LogP contribution in [0.25, 0.3) is 0 Å². The van der Waals surface area contributed by atoms with E-state index < -0.39 is 7.60 Å². The van der Waals surface area contributed by atoms with Crippen molar-refractivity contribution in [2.45, 2.75) is 4.89 Å². The molecule has 0 atom stereocenters. The number of hydrogen-bond acceptors (Lipinski definition) is 1. The molecule has 0 aliphatic carbocycles. The van der Waals surface area contributed by atoms with Crippen LogP contribution in [0.4, 0.5) is 0 Å². The Balaban J connectivity index is 3.36. The summed E-state index contributed by atoms with van der Waals surface area (Å²) in [7, 11) is -3.65. The Kier molecular flexibility index (Phi) is 3.31. The second-order valence-corrected chi connectivity index (χ2v) is 4.21. The summed E-state index contributed by atoms with van der Waals surface area (Å²) >= 11 is 1.39. The quantitative estimate of drug-likeness (QED) is 0.712. The van der Waals surface area contributed by atoms with Crippen molar-refractivity contribution in [3.63, 3.8) is 0 Å². The summed E-state index contributed by atoms with van der Waals surface area (Å²) in [6.45, 7) is 0. The number of hydrogen-bond donors (Lipinski definition) is 2. The third kappa shape index (κ3) is 6.81. The Labute approximate surface area is 52.7 Å². The summed E-state index contributed by atoms with van der Waals surface area (Å²) in [4.78, 5) is 16.9. The maximum atomic E-state index is 9.93. The van der Waals surface area contributed by atoms with E-state index in [-0.39, 0.29) is 6.16 Å². The third-order valence-electron chi connectivity index (χ3n) is 0.376. The van der Waals surface area contributed by atoms with Crippen LogP contribution < -0.4 is 0 Å². The van der Waals surface area contributed by atoms with Crippen molar-refractivity contribution in [2.24, 2.45) is 0 Å². The van der Waals surface area contributed by atoms with E-state index in [9.17, 15) is 4.57 Å². The van der Waals surface area contributed by atoms with Gasteiger partial charge in [-0.3, -0.25) is 0 Å². The van der Waals surface area contributed by atoms with Gasteiger partial charge in [-0.15, -0.1) is 0 Å². The summed E-state index contributed by atoms with van der Waals surface area (Å²) in [5.74, 6) is 0. The van der Waals surface area contributed by atoms with Gasteiger partial charge in [0.15, 0.2) is 0 Å². The predicted octanol–water partition coefficient (Wildman–Crippen LogP) is 0.129. The summed E-state index contributed by atoms with van der Waals surface area (Å²) in [6, 6.07) is 0. The van der Waals surface area contributed by atoms with Crippen molar-refractivity contribution >= 4 is 7.60 Å². The van der Waals surface area contributed by atoms with Crippen LogP contribution in [0.15, 0.2) is 0 Å². The molecule has 0 saturated heterocycles. The summed E-state index contributed by atoms with van der Waals surface area (Å²) in [5.41, 5.74) is 0. The average molecular weight is 295 g/mol. The molecule has 0 aliphatic rings. The van der Waals surface area contributed by atoms with Crippen molar-refractivity contribution in [1.82, 2.24) is 0 Å². The van der Waals surface area contributed by atoms with Gasteiger partial charge in [0, 0.05) is 0 Å². The molecule has 0 unspecified atom stereocenters. The van der Waals surface area contributed by atoms with Gasteiger partial charge in [-0.25, -0.2) is 0 Å². The van der Waals surface area contributed by atoms with E-state index >= 15 is 0 Å². The molecule has 44 valence electrons. The van der Waals surface area contributed by atoms with Gasteiger partial charge in [-0.1, -0.05) is 0 Å². The Morgan fingerprint density at radius 3 is 2.00 bits per heavy atom. The molecule has 0 heterocycles. The van der Waals surface area contributed by atoms with Gasteiger partial charge in [0.05, 0.1) is 0 Å². The zero-order chi connectivity index (χ0) is 5.91. The summed E-state index contributed by atoms with van der Waals surface area (Å²) in [5, 5.41) is 0. The fraction of sp³-hybridized carbons (Fsp3) is 1.00. The van der Waals surface area contributed by atoms with Gasteiger partial charge in [0.1, 0.15) is 0 Å². The van der Waals surface area contributed by atoms with Crippen molar-refractivity contribution in [3.8, 4) is 0 Å². The Hall–Kier alpha value is 0.812. The first-order valence-corrected chi connectivity index (χ1v) is 5.38. The van der Waals surface area contributed by atoms with E-state index in [1.165, 1.54) is 19.2 Å². The molecule has 5 heteroatoms. The van der Waals surface area contributed by atoms with Gasteiger partial charge < -0.3 is 0 Å². The fourth-order valence-corrected chi connectivity index (χ4v) is 2.70. The molecule has 0 radical (unpaired) electrons. The average Bonchev–Trinajstić information content (AvgIpc) is 1.30. The molecule has 0 bridgehead atoms. The molecule has 7 heavy (non-hydrogen) atoms. The van der Waals surface area contributed by atoms with Gasteiger partial charge >= 0.3 is 52.2 Å². The first kappa shape index (κ1) is 7.81. The normalized spacial score (nSPS) is 11.9. The zero-order valence-electron chi connectivity index (χ0n) is 3.54. The maximum absolute atomic E-state index is 9.93. The topological polar surface area (TPSA) is 57.5 Å². The molecule has 3 nitrogen and oxygen atoms in total. The molecule has 2 N–H and O–H groups in total. The third-order valence-corrected chi connectivity index (χ3v) is 2.95. The van der Waals surface area contributed by atoms with Crippen LogP contribution in [-0.4, -0.2) is 15.9 Å². The first-order chi connectivity index (χ1) is 3.06. The van der Waals surface area contributed by atoms with E-state index in [2.05, 4.69) is 0 Å². The second-order valence-electron chi connectivity index (χ2n) is 1.08. The van der Waals surface area contributed by atoms with Crippen LogP contribution in [0.5, 0.6) is 0 Å². The van der Waals surface area contributed by atoms with Crippen LogP contribution >= 0.6 is 7.60 Å². The number of rotatable bonds is 2. The van der Waals surface area contributed by atoms with Crippen LogP contribution in [0, 0.1) is 0 Å². The summed E-state index contributed by atoms with van der Waals surface area (Å²) < 4.78 is 9.93. The fourth-order valence-electron chi connectivity index (χ4n) is 0.110. The Bertz CT molecular complexity index is 86.9. The van der Waals surface area contributed by atoms with E-state index in [0.717, 1.165) is 0 Å². The van der Waals surface area contributed by atoms with Crippen molar-refractivity contribution in [3.05, 3.63) is 0 Å². The molecule has 0 aromatic carbocycles. The molecule has 0 aromatic rings. The standard InChI is InChI=1S/C2H6O3P.Re/c1-2-6(3,4)5;/h1-2H2,(H2,3,4,5);. The molecule has 0 amide bonds.